The highest BCUT2D eigenvalue weighted by Gasteiger charge is 2.21. The molecule has 1 fully saturated rings. The standard InChI is InChI=1S/C22H25N7/c1-13-7-20(27-29-12-16(4)25-22(13)29)21-23-9-17-8-18(5-6-19(17)26-21)28-10-14(2)24-15(3)11-28/h5-9,12,14-15,24H,10-11H2,1-4H3/t14-,15-/m1/s1. The summed E-state index contributed by atoms with van der Waals surface area (Å²) in [6.07, 6.45) is 3.82. The molecular formula is C22H25N7. The number of rotatable bonds is 2. The summed E-state index contributed by atoms with van der Waals surface area (Å²) in [5.41, 5.74) is 5.78. The van der Waals surface area contributed by atoms with Crippen LogP contribution in [0.5, 0.6) is 0 Å². The number of benzene rings is 1. The zero-order valence-corrected chi connectivity index (χ0v) is 17.2. The second-order valence-corrected chi connectivity index (χ2v) is 8.17. The van der Waals surface area contributed by atoms with Gasteiger partial charge in [0.1, 0.15) is 5.69 Å². The molecule has 2 atom stereocenters. The van der Waals surface area contributed by atoms with Crippen molar-refractivity contribution in [1.29, 1.82) is 0 Å². The Morgan fingerprint density at radius 3 is 2.62 bits per heavy atom. The first-order valence-corrected chi connectivity index (χ1v) is 10.1. The molecule has 1 aliphatic rings. The number of aromatic nitrogens is 5. The topological polar surface area (TPSA) is 71.2 Å². The van der Waals surface area contributed by atoms with Gasteiger partial charge in [0.05, 0.1) is 17.4 Å². The molecule has 0 bridgehead atoms. The van der Waals surface area contributed by atoms with Gasteiger partial charge in [-0.2, -0.15) is 5.10 Å². The van der Waals surface area contributed by atoms with Gasteiger partial charge in [0.2, 0.25) is 0 Å². The smallest absolute Gasteiger partial charge is 0.180 e. The van der Waals surface area contributed by atoms with Gasteiger partial charge >= 0.3 is 0 Å². The van der Waals surface area contributed by atoms with Crippen molar-refractivity contribution in [3.8, 4) is 11.5 Å². The van der Waals surface area contributed by atoms with Crippen molar-refractivity contribution in [3.63, 3.8) is 0 Å². The molecule has 0 unspecified atom stereocenters. The van der Waals surface area contributed by atoms with Gasteiger partial charge in [0, 0.05) is 42.4 Å². The summed E-state index contributed by atoms with van der Waals surface area (Å²) in [6.45, 7) is 10.5. The van der Waals surface area contributed by atoms with Crippen LogP contribution in [-0.2, 0) is 0 Å². The van der Waals surface area contributed by atoms with E-state index in [4.69, 9.17) is 4.98 Å². The van der Waals surface area contributed by atoms with Crippen molar-refractivity contribution >= 4 is 22.2 Å². The second kappa shape index (κ2) is 6.77. The molecule has 1 aromatic carbocycles. The zero-order chi connectivity index (χ0) is 20.1. The van der Waals surface area contributed by atoms with Crippen LogP contribution < -0.4 is 10.2 Å². The first kappa shape index (κ1) is 18.0. The number of aryl methyl sites for hydroxylation is 2. The third-order valence-electron chi connectivity index (χ3n) is 5.44. The Balaban J connectivity index is 1.51. The fourth-order valence-electron chi connectivity index (χ4n) is 4.23. The number of nitrogens with one attached hydrogen (secondary N) is 1. The summed E-state index contributed by atoms with van der Waals surface area (Å²) in [7, 11) is 0. The molecule has 7 nitrogen and oxygen atoms in total. The summed E-state index contributed by atoms with van der Waals surface area (Å²) in [5.74, 6) is 0.631. The average Bonchev–Trinajstić information content (AvgIpc) is 3.07. The van der Waals surface area contributed by atoms with Gasteiger partial charge in [-0.25, -0.2) is 19.5 Å². The Hall–Kier alpha value is -3.06. The van der Waals surface area contributed by atoms with Crippen LogP contribution in [0.3, 0.4) is 0 Å². The average molecular weight is 387 g/mol. The molecule has 29 heavy (non-hydrogen) atoms. The molecule has 4 aromatic rings. The van der Waals surface area contributed by atoms with E-state index in [-0.39, 0.29) is 0 Å². The molecule has 0 aliphatic carbocycles. The van der Waals surface area contributed by atoms with Crippen molar-refractivity contribution < 1.29 is 0 Å². The number of hydrogen-bond acceptors (Lipinski definition) is 6. The van der Waals surface area contributed by atoms with Crippen LogP contribution in [-0.4, -0.2) is 49.7 Å². The molecule has 3 aromatic heterocycles. The van der Waals surface area contributed by atoms with E-state index in [1.807, 2.05) is 36.8 Å². The van der Waals surface area contributed by atoms with E-state index in [1.165, 1.54) is 5.69 Å². The van der Waals surface area contributed by atoms with E-state index in [1.54, 1.807) is 0 Å². The normalized spacial score (nSPS) is 19.9. The van der Waals surface area contributed by atoms with Crippen molar-refractivity contribution in [1.82, 2.24) is 29.9 Å². The van der Waals surface area contributed by atoms with Crippen LogP contribution in [0.4, 0.5) is 5.69 Å². The Morgan fingerprint density at radius 2 is 1.83 bits per heavy atom. The van der Waals surface area contributed by atoms with Crippen LogP contribution in [0.25, 0.3) is 28.1 Å². The van der Waals surface area contributed by atoms with Crippen LogP contribution in [0.1, 0.15) is 25.1 Å². The fourth-order valence-corrected chi connectivity index (χ4v) is 4.23. The number of anilines is 1. The third kappa shape index (κ3) is 3.31. The molecule has 1 aliphatic heterocycles. The SMILES string of the molecule is Cc1cn2nc(-c3ncc4cc(N5C[C@@H](C)N[C@H](C)C5)ccc4n3)cc(C)c2n1. The van der Waals surface area contributed by atoms with Crippen molar-refractivity contribution in [2.24, 2.45) is 0 Å². The van der Waals surface area contributed by atoms with Crippen LogP contribution in [0.2, 0.25) is 0 Å². The molecule has 0 saturated carbocycles. The van der Waals surface area contributed by atoms with E-state index < -0.39 is 0 Å². The quantitative estimate of drug-likeness (QED) is 0.570. The number of nitrogens with zero attached hydrogens (tertiary/aromatic N) is 6. The molecule has 148 valence electrons. The Kier molecular flexibility index (Phi) is 4.20. The number of fused-ring (bicyclic) bond motifs is 2. The van der Waals surface area contributed by atoms with E-state index in [0.29, 0.717) is 17.9 Å². The monoisotopic (exact) mass is 387 g/mol. The lowest BCUT2D eigenvalue weighted by Crippen LogP contribution is -2.54. The first-order valence-electron chi connectivity index (χ1n) is 10.1. The van der Waals surface area contributed by atoms with Gasteiger partial charge in [-0.1, -0.05) is 0 Å². The van der Waals surface area contributed by atoms with Crippen LogP contribution in [0, 0.1) is 13.8 Å². The maximum atomic E-state index is 4.78. The summed E-state index contributed by atoms with van der Waals surface area (Å²) in [6, 6.07) is 9.38. The highest BCUT2D eigenvalue weighted by Crippen LogP contribution is 2.25. The maximum absolute atomic E-state index is 4.78. The molecule has 1 N–H and O–H groups in total. The van der Waals surface area contributed by atoms with Gasteiger partial charge in [0.25, 0.3) is 0 Å². The van der Waals surface area contributed by atoms with Crippen LogP contribution in [0.15, 0.2) is 36.7 Å². The number of piperazine rings is 1. The van der Waals surface area contributed by atoms with Gasteiger partial charge in [-0.3, -0.25) is 0 Å². The van der Waals surface area contributed by atoms with Crippen molar-refractivity contribution in [3.05, 3.63) is 47.9 Å². The molecule has 5 rings (SSSR count). The molecule has 0 radical (unpaired) electrons. The molecule has 0 spiro atoms. The third-order valence-corrected chi connectivity index (χ3v) is 5.44. The fraction of sp³-hybridized carbons (Fsp3) is 0.364. The van der Waals surface area contributed by atoms with E-state index in [2.05, 4.69) is 57.3 Å². The van der Waals surface area contributed by atoms with Crippen LogP contribution >= 0.6 is 0 Å². The minimum atomic E-state index is 0.476. The van der Waals surface area contributed by atoms with Gasteiger partial charge < -0.3 is 10.2 Å². The highest BCUT2D eigenvalue weighted by atomic mass is 15.3. The first-order chi connectivity index (χ1) is 14.0. The predicted octanol–water partition coefficient (Wildman–Crippen LogP) is 3.14. The predicted molar refractivity (Wildman–Crippen MR) is 115 cm³/mol. The van der Waals surface area contributed by atoms with E-state index in [9.17, 15) is 0 Å². The Bertz CT molecular complexity index is 1200. The largest absolute Gasteiger partial charge is 0.368 e. The summed E-state index contributed by atoms with van der Waals surface area (Å²) in [4.78, 5) is 16.3. The lowest BCUT2D eigenvalue weighted by atomic mass is 10.1. The number of hydrogen-bond donors (Lipinski definition) is 1. The Labute approximate surface area is 169 Å². The summed E-state index contributed by atoms with van der Waals surface area (Å²) >= 11 is 0. The summed E-state index contributed by atoms with van der Waals surface area (Å²) < 4.78 is 1.81. The second-order valence-electron chi connectivity index (χ2n) is 8.17. The van der Waals surface area contributed by atoms with Gasteiger partial charge in [-0.15, -0.1) is 0 Å². The molecular weight excluding hydrogens is 362 g/mol. The zero-order valence-electron chi connectivity index (χ0n) is 17.2. The minimum Gasteiger partial charge on any atom is -0.368 e. The number of imidazole rings is 1. The Morgan fingerprint density at radius 1 is 1.03 bits per heavy atom. The lowest BCUT2D eigenvalue weighted by molar-refractivity contribution is 0.407. The molecule has 4 heterocycles. The van der Waals surface area contributed by atoms with Gasteiger partial charge in [-0.05, 0) is 57.5 Å². The molecule has 0 amide bonds. The van der Waals surface area contributed by atoms with E-state index in [0.717, 1.165) is 46.6 Å². The van der Waals surface area contributed by atoms with Gasteiger partial charge in [0.15, 0.2) is 11.5 Å². The summed E-state index contributed by atoms with van der Waals surface area (Å²) in [5, 5.41) is 9.28. The van der Waals surface area contributed by atoms with Crippen molar-refractivity contribution in [2.45, 2.75) is 39.8 Å². The van der Waals surface area contributed by atoms with E-state index >= 15 is 0 Å². The maximum Gasteiger partial charge on any atom is 0.180 e. The molecule has 7 heteroatoms. The minimum absolute atomic E-state index is 0.476. The lowest BCUT2D eigenvalue weighted by Gasteiger charge is -2.37. The van der Waals surface area contributed by atoms with Crippen molar-refractivity contribution in [2.75, 3.05) is 18.0 Å². The molecule has 1 saturated heterocycles. The highest BCUT2D eigenvalue weighted by molar-refractivity contribution is 5.83.